The zero-order valence-electron chi connectivity index (χ0n) is 10.0. The first kappa shape index (κ1) is 11.9. The molecule has 90 valence electrons. The van der Waals surface area contributed by atoms with E-state index in [-0.39, 0.29) is 5.91 Å². The van der Waals surface area contributed by atoms with Gasteiger partial charge < -0.3 is 10.1 Å². The summed E-state index contributed by atoms with van der Waals surface area (Å²) in [6.45, 7) is 1.43. The van der Waals surface area contributed by atoms with Gasteiger partial charge >= 0.3 is 0 Å². The fourth-order valence-corrected chi connectivity index (χ4v) is 1.72. The Hall–Kier alpha value is -2.61. The number of anilines is 1. The molecule has 5 nitrogen and oxygen atoms in total. The highest BCUT2D eigenvalue weighted by molar-refractivity contribution is 6.03. The zero-order chi connectivity index (χ0) is 13.1. The molecule has 5 heteroatoms. The number of carbonyl (C=O) groups is 1. The van der Waals surface area contributed by atoms with Gasteiger partial charge in [-0.3, -0.25) is 4.79 Å². The molecule has 0 fully saturated rings. The van der Waals surface area contributed by atoms with Gasteiger partial charge in [0.25, 0.3) is 0 Å². The smallest absolute Gasteiger partial charge is 0.221 e. The fraction of sp³-hybridized carbons (Fsp3) is 0.154. The van der Waals surface area contributed by atoms with Gasteiger partial charge in [0.15, 0.2) is 0 Å². The fourth-order valence-electron chi connectivity index (χ4n) is 1.72. The summed E-state index contributed by atoms with van der Waals surface area (Å²) in [5.41, 5.74) is 1.54. The Labute approximate surface area is 104 Å². The molecule has 1 aromatic carbocycles. The highest BCUT2D eigenvalue weighted by Crippen LogP contribution is 2.32. The third kappa shape index (κ3) is 2.09. The minimum absolute atomic E-state index is 0.190. The largest absolute Gasteiger partial charge is 0.495 e. The molecule has 0 bridgehead atoms. The van der Waals surface area contributed by atoms with Crippen molar-refractivity contribution in [2.75, 3.05) is 12.4 Å². The highest BCUT2D eigenvalue weighted by Gasteiger charge is 2.10. The predicted octanol–water partition coefficient (Wildman–Crippen LogP) is 2.07. The molecular formula is C13H11N3O2. The SMILES string of the molecule is COc1ccc2nc(C#N)ccc2c1NC(C)=O. The number of aromatic nitrogens is 1. The van der Waals surface area contributed by atoms with E-state index in [1.54, 1.807) is 24.3 Å². The number of methoxy groups -OCH3 is 1. The van der Waals surface area contributed by atoms with Gasteiger partial charge in [-0.15, -0.1) is 0 Å². The van der Waals surface area contributed by atoms with Crippen molar-refractivity contribution in [3.8, 4) is 11.8 Å². The molecule has 0 radical (unpaired) electrons. The summed E-state index contributed by atoms with van der Waals surface area (Å²) >= 11 is 0. The van der Waals surface area contributed by atoms with E-state index in [2.05, 4.69) is 10.3 Å². The number of hydrogen-bond acceptors (Lipinski definition) is 4. The predicted molar refractivity (Wildman–Crippen MR) is 67.3 cm³/mol. The van der Waals surface area contributed by atoms with E-state index in [9.17, 15) is 4.79 Å². The number of carbonyl (C=O) groups excluding carboxylic acids is 1. The van der Waals surface area contributed by atoms with Crippen molar-refractivity contribution in [1.82, 2.24) is 4.98 Å². The summed E-state index contributed by atoms with van der Waals surface area (Å²) < 4.78 is 5.20. The normalized spacial score (nSPS) is 9.83. The molecule has 0 aliphatic carbocycles. The number of benzene rings is 1. The van der Waals surface area contributed by atoms with E-state index < -0.39 is 0 Å². The minimum atomic E-state index is -0.190. The van der Waals surface area contributed by atoms with Crippen LogP contribution in [0.25, 0.3) is 10.9 Å². The second kappa shape index (κ2) is 4.72. The summed E-state index contributed by atoms with van der Waals surface area (Å²) in [5, 5.41) is 12.3. The van der Waals surface area contributed by atoms with Crippen molar-refractivity contribution in [3.05, 3.63) is 30.0 Å². The van der Waals surface area contributed by atoms with E-state index in [0.717, 1.165) is 5.39 Å². The topological polar surface area (TPSA) is 75.0 Å². The van der Waals surface area contributed by atoms with E-state index in [4.69, 9.17) is 10.00 Å². The number of nitrogens with zero attached hydrogens (tertiary/aromatic N) is 2. The van der Waals surface area contributed by atoms with Gasteiger partial charge in [0, 0.05) is 12.3 Å². The van der Waals surface area contributed by atoms with Gasteiger partial charge in [0.2, 0.25) is 5.91 Å². The highest BCUT2D eigenvalue weighted by atomic mass is 16.5. The van der Waals surface area contributed by atoms with Gasteiger partial charge in [-0.05, 0) is 24.3 Å². The molecule has 1 heterocycles. The molecule has 0 atom stereocenters. The van der Waals surface area contributed by atoms with Crippen molar-refractivity contribution in [3.63, 3.8) is 0 Å². The number of amides is 1. The summed E-state index contributed by atoms with van der Waals surface area (Å²) in [5.74, 6) is 0.370. The standard InChI is InChI=1S/C13H11N3O2/c1-8(17)15-13-10-4-3-9(7-14)16-11(10)5-6-12(13)18-2/h3-6H,1-2H3,(H,15,17). The molecule has 2 rings (SSSR count). The number of nitrogens with one attached hydrogen (secondary N) is 1. The molecular weight excluding hydrogens is 230 g/mol. The summed E-state index contributed by atoms with van der Waals surface area (Å²) in [4.78, 5) is 15.4. The van der Waals surface area contributed by atoms with E-state index in [0.29, 0.717) is 22.6 Å². The first-order valence-corrected chi connectivity index (χ1v) is 5.31. The number of rotatable bonds is 2. The average molecular weight is 241 g/mol. The van der Waals surface area contributed by atoms with Crippen LogP contribution in [0, 0.1) is 11.3 Å². The Kier molecular flexibility index (Phi) is 3.11. The Balaban J connectivity index is 2.70. The van der Waals surface area contributed by atoms with Crippen LogP contribution in [0.5, 0.6) is 5.75 Å². The van der Waals surface area contributed by atoms with Crippen LogP contribution < -0.4 is 10.1 Å². The van der Waals surface area contributed by atoms with E-state index in [1.807, 2.05) is 6.07 Å². The van der Waals surface area contributed by atoms with Crippen LogP contribution in [0.3, 0.4) is 0 Å². The van der Waals surface area contributed by atoms with Gasteiger partial charge in [0.1, 0.15) is 17.5 Å². The number of ether oxygens (including phenoxy) is 1. The second-order valence-electron chi connectivity index (χ2n) is 3.70. The van der Waals surface area contributed by atoms with Crippen LogP contribution in [-0.2, 0) is 4.79 Å². The number of hydrogen-bond donors (Lipinski definition) is 1. The van der Waals surface area contributed by atoms with Crippen LogP contribution in [0.4, 0.5) is 5.69 Å². The molecule has 0 aliphatic rings. The third-order valence-corrected chi connectivity index (χ3v) is 2.47. The van der Waals surface area contributed by atoms with Gasteiger partial charge in [-0.25, -0.2) is 4.98 Å². The van der Waals surface area contributed by atoms with Crippen molar-refractivity contribution >= 4 is 22.5 Å². The first-order valence-electron chi connectivity index (χ1n) is 5.31. The molecule has 1 aromatic heterocycles. The lowest BCUT2D eigenvalue weighted by molar-refractivity contribution is -0.114. The van der Waals surface area contributed by atoms with Crippen LogP contribution >= 0.6 is 0 Å². The molecule has 0 unspecified atom stereocenters. The number of pyridine rings is 1. The lowest BCUT2D eigenvalue weighted by Crippen LogP contribution is -2.08. The van der Waals surface area contributed by atoms with E-state index >= 15 is 0 Å². The summed E-state index contributed by atoms with van der Waals surface area (Å²) in [6.07, 6.45) is 0. The number of nitriles is 1. The second-order valence-corrected chi connectivity index (χ2v) is 3.70. The van der Waals surface area contributed by atoms with Crippen LogP contribution in [-0.4, -0.2) is 18.0 Å². The molecule has 0 saturated carbocycles. The zero-order valence-corrected chi connectivity index (χ0v) is 10.0. The van der Waals surface area contributed by atoms with Gasteiger partial charge in [-0.2, -0.15) is 5.26 Å². The molecule has 0 aliphatic heterocycles. The van der Waals surface area contributed by atoms with Gasteiger partial charge in [-0.1, -0.05) is 0 Å². The monoisotopic (exact) mass is 241 g/mol. The van der Waals surface area contributed by atoms with Gasteiger partial charge in [0.05, 0.1) is 18.3 Å². The van der Waals surface area contributed by atoms with Crippen molar-refractivity contribution < 1.29 is 9.53 Å². The Morgan fingerprint density at radius 2 is 2.17 bits per heavy atom. The van der Waals surface area contributed by atoms with Crippen molar-refractivity contribution in [2.24, 2.45) is 0 Å². The quantitative estimate of drug-likeness (QED) is 0.873. The van der Waals surface area contributed by atoms with Crippen LogP contribution in [0.15, 0.2) is 24.3 Å². The molecule has 0 saturated heterocycles. The van der Waals surface area contributed by atoms with Crippen molar-refractivity contribution in [1.29, 1.82) is 5.26 Å². The minimum Gasteiger partial charge on any atom is -0.495 e. The first-order chi connectivity index (χ1) is 8.65. The maximum atomic E-state index is 11.2. The maximum absolute atomic E-state index is 11.2. The molecule has 1 amide bonds. The average Bonchev–Trinajstić information content (AvgIpc) is 2.37. The molecule has 0 spiro atoms. The maximum Gasteiger partial charge on any atom is 0.221 e. The number of fused-ring (bicyclic) bond motifs is 1. The lowest BCUT2D eigenvalue weighted by atomic mass is 10.1. The van der Waals surface area contributed by atoms with Crippen LogP contribution in [0.1, 0.15) is 12.6 Å². The lowest BCUT2D eigenvalue weighted by Gasteiger charge is -2.11. The molecule has 2 aromatic rings. The summed E-state index contributed by atoms with van der Waals surface area (Å²) in [7, 11) is 1.53. The van der Waals surface area contributed by atoms with Crippen molar-refractivity contribution in [2.45, 2.75) is 6.92 Å². The Bertz CT molecular complexity index is 659. The summed E-state index contributed by atoms with van der Waals surface area (Å²) in [6, 6.07) is 8.79. The van der Waals surface area contributed by atoms with Crippen LogP contribution in [0.2, 0.25) is 0 Å². The third-order valence-electron chi connectivity index (χ3n) is 2.47. The Morgan fingerprint density at radius 3 is 2.78 bits per heavy atom. The Morgan fingerprint density at radius 1 is 1.39 bits per heavy atom. The molecule has 1 N–H and O–H groups in total. The van der Waals surface area contributed by atoms with E-state index in [1.165, 1.54) is 14.0 Å². The molecule has 18 heavy (non-hydrogen) atoms.